The highest BCUT2D eigenvalue weighted by molar-refractivity contribution is 9.10. The standard InChI is InChI=1S/C18H21BrN2O3S2/c1-12(2)21-26(23,24)16-7-5-15(6-8-16)20-18(22)11-25-17-9-4-14(19)10-13(17)3/h4-10,12,21H,11H2,1-3H3,(H,20,22). The van der Waals surface area contributed by atoms with E-state index in [-0.39, 0.29) is 22.6 Å². The number of amides is 1. The van der Waals surface area contributed by atoms with E-state index in [1.807, 2.05) is 25.1 Å². The van der Waals surface area contributed by atoms with E-state index < -0.39 is 10.0 Å². The van der Waals surface area contributed by atoms with Crippen molar-refractivity contribution in [2.45, 2.75) is 36.6 Å². The summed E-state index contributed by atoms with van der Waals surface area (Å²) < 4.78 is 27.7. The topological polar surface area (TPSA) is 75.3 Å². The molecular weight excluding hydrogens is 436 g/mol. The molecule has 2 rings (SSSR count). The average Bonchev–Trinajstić information content (AvgIpc) is 2.53. The Balaban J connectivity index is 1.95. The number of halogens is 1. The van der Waals surface area contributed by atoms with E-state index >= 15 is 0 Å². The molecule has 0 spiro atoms. The van der Waals surface area contributed by atoms with Crippen molar-refractivity contribution < 1.29 is 13.2 Å². The molecule has 0 aromatic heterocycles. The Kier molecular flexibility index (Phi) is 7.28. The number of sulfonamides is 1. The average molecular weight is 457 g/mol. The van der Waals surface area contributed by atoms with E-state index in [2.05, 4.69) is 26.0 Å². The number of benzene rings is 2. The van der Waals surface area contributed by atoms with E-state index in [0.717, 1.165) is 14.9 Å². The Morgan fingerprint density at radius 2 is 1.81 bits per heavy atom. The van der Waals surface area contributed by atoms with Crippen LogP contribution in [0.2, 0.25) is 0 Å². The molecule has 1 amide bonds. The Morgan fingerprint density at radius 1 is 1.15 bits per heavy atom. The van der Waals surface area contributed by atoms with Crippen LogP contribution in [0.3, 0.4) is 0 Å². The number of rotatable bonds is 7. The fourth-order valence-electron chi connectivity index (χ4n) is 2.21. The van der Waals surface area contributed by atoms with Gasteiger partial charge in [0.1, 0.15) is 0 Å². The summed E-state index contributed by atoms with van der Waals surface area (Å²) in [6.07, 6.45) is 0. The quantitative estimate of drug-likeness (QED) is 0.612. The van der Waals surface area contributed by atoms with Crippen molar-refractivity contribution >= 4 is 49.3 Å². The summed E-state index contributed by atoms with van der Waals surface area (Å²) in [5, 5.41) is 2.78. The Labute approximate surface area is 167 Å². The maximum atomic E-state index is 12.1. The normalized spacial score (nSPS) is 11.6. The van der Waals surface area contributed by atoms with Crippen molar-refractivity contribution in [3.8, 4) is 0 Å². The zero-order valence-electron chi connectivity index (χ0n) is 14.7. The molecule has 0 aliphatic rings. The maximum absolute atomic E-state index is 12.1. The number of carbonyl (C=O) groups is 1. The van der Waals surface area contributed by atoms with E-state index in [4.69, 9.17) is 0 Å². The zero-order chi connectivity index (χ0) is 19.3. The third kappa shape index (κ3) is 6.12. The fourth-order valence-corrected chi connectivity index (χ4v) is 4.75. The molecule has 140 valence electrons. The second-order valence-electron chi connectivity index (χ2n) is 6.05. The van der Waals surface area contributed by atoms with Gasteiger partial charge < -0.3 is 5.32 Å². The number of hydrogen-bond donors (Lipinski definition) is 2. The monoisotopic (exact) mass is 456 g/mol. The highest BCUT2D eigenvalue weighted by Crippen LogP contribution is 2.25. The molecular formula is C18H21BrN2O3S2. The minimum atomic E-state index is -3.53. The Bertz CT molecular complexity index is 882. The molecule has 0 aliphatic heterocycles. The maximum Gasteiger partial charge on any atom is 0.240 e. The minimum Gasteiger partial charge on any atom is -0.325 e. The van der Waals surface area contributed by atoms with Gasteiger partial charge in [0, 0.05) is 21.1 Å². The summed E-state index contributed by atoms with van der Waals surface area (Å²) in [4.78, 5) is 13.3. The predicted molar refractivity (Wildman–Crippen MR) is 110 cm³/mol. The van der Waals surface area contributed by atoms with Crippen LogP contribution >= 0.6 is 27.7 Å². The van der Waals surface area contributed by atoms with Gasteiger partial charge >= 0.3 is 0 Å². The highest BCUT2D eigenvalue weighted by atomic mass is 79.9. The number of carbonyl (C=O) groups excluding carboxylic acids is 1. The molecule has 2 N–H and O–H groups in total. The van der Waals surface area contributed by atoms with Gasteiger partial charge in [-0.2, -0.15) is 0 Å². The fraction of sp³-hybridized carbons (Fsp3) is 0.278. The third-order valence-corrected chi connectivity index (χ3v) is 6.68. The SMILES string of the molecule is Cc1cc(Br)ccc1SCC(=O)Nc1ccc(S(=O)(=O)NC(C)C)cc1. The molecule has 26 heavy (non-hydrogen) atoms. The second-order valence-corrected chi connectivity index (χ2v) is 9.69. The summed E-state index contributed by atoms with van der Waals surface area (Å²) in [5.41, 5.74) is 1.66. The van der Waals surface area contributed by atoms with Gasteiger partial charge in [-0.05, 0) is 68.8 Å². The molecule has 5 nitrogen and oxygen atoms in total. The molecule has 0 saturated carbocycles. The lowest BCUT2D eigenvalue weighted by molar-refractivity contribution is -0.113. The lowest BCUT2D eigenvalue weighted by Gasteiger charge is -2.11. The molecule has 0 heterocycles. The third-order valence-electron chi connectivity index (χ3n) is 3.33. The van der Waals surface area contributed by atoms with E-state index in [9.17, 15) is 13.2 Å². The molecule has 0 aliphatic carbocycles. The van der Waals surface area contributed by atoms with Crippen LogP contribution in [-0.4, -0.2) is 26.1 Å². The molecule has 8 heteroatoms. The van der Waals surface area contributed by atoms with Crippen LogP contribution in [-0.2, 0) is 14.8 Å². The smallest absolute Gasteiger partial charge is 0.240 e. The molecule has 0 atom stereocenters. The summed E-state index contributed by atoms with van der Waals surface area (Å²) in [5.74, 6) is 0.130. The van der Waals surface area contributed by atoms with Gasteiger partial charge in [-0.1, -0.05) is 15.9 Å². The van der Waals surface area contributed by atoms with Gasteiger partial charge in [-0.3, -0.25) is 4.79 Å². The van der Waals surface area contributed by atoms with Crippen LogP contribution < -0.4 is 10.0 Å². The van der Waals surface area contributed by atoms with Crippen LogP contribution in [0.4, 0.5) is 5.69 Å². The van der Waals surface area contributed by atoms with Crippen LogP contribution in [0.15, 0.2) is 56.7 Å². The van der Waals surface area contributed by atoms with Crippen molar-refractivity contribution in [2.75, 3.05) is 11.1 Å². The van der Waals surface area contributed by atoms with Crippen LogP contribution in [0.1, 0.15) is 19.4 Å². The first-order valence-corrected chi connectivity index (χ1v) is 11.2. The molecule has 2 aromatic rings. The molecule has 0 unspecified atom stereocenters. The number of hydrogen-bond acceptors (Lipinski definition) is 4. The molecule has 0 radical (unpaired) electrons. The minimum absolute atomic E-state index is 0.145. The van der Waals surface area contributed by atoms with E-state index in [1.165, 1.54) is 23.9 Å². The number of anilines is 1. The summed E-state index contributed by atoms with van der Waals surface area (Å²) in [6.45, 7) is 5.52. The lowest BCUT2D eigenvalue weighted by Crippen LogP contribution is -2.30. The molecule has 0 fully saturated rings. The molecule has 0 bridgehead atoms. The Hall–Kier alpha value is -1.35. The summed E-state index contributed by atoms with van der Waals surface area (Å²) in [6, 6.07) is 11.9. The van der Waals surface area contributed by atoms with Crippen LogP contribution in [0, 0.1) is 6.92 Å². The number of aryl methyl sites for hydroxylation is 1. The van der Waals surface area contributed by atoms with Crippen molar-refractivity contribution in [2.24, 2.45) is 0 Å². The van der Waals surface area contributed by atoms with Gasteiger partial charge in [0.2, 0.25) is 15.9 Å². The van der Waals surface area contributed by atoms with Gasteiger partial charge in [0.05, 0.1) is 10.6 Å². The lowest BCUT2D eigenvalue weighted by atomic mass is 10.2. The van der Waals surface area contributed by atoms with Crippen molar-refractivity contribution in [3.05, 3.63) is 52.5 Å². The number of thioether (sulfide) groups is 1. The first-order chi connectivity index (χ1) is 12.2. The second kappa shape index (κ2) is 9.03. The largest absolute Gasteiger partial charge is 0.325 e. The zero-order valence-corrected chi connectivity index (χ0v) is 18.0. The number of nitrogens with one attached hydrogen (secondary N) is 2. The molecule has 0 saturated heterocycles. The predicted octanol–water partition coefficient (Wildman–Crippen LogP) is 4.18. The van der Waals surface area contributed by atoms with E-state index in [0.29, 0.717) is 5.69 Å². The van der Waals surface area contributed by atoms with Crippen molar-refractivity contribution in [1.29, 1.82) is 0 Å². The molecule has 2 aromatic carbocycles. The van der Waals surface area contributed by atoms with Gasteiger partial charge in [0.15, 0.2) is 0 Å². The van der Waals surface area contributed by atoms with Gasteiger partial charge in [-0.25, -0.2) is 13.1 Å². The van der Waals surface area contributed by atoms with E-state index in [1.54, 1.807) is 26.0 Å². The van der Waals surface area contributed by atoms with Gasteiger partial charge in [0.25, 0.3) is 0 Å². The highest BCUT2D eigenvalue weighted by Gasteiger charge is 2.15. The first-order valence-electron chi connectivity index (χ1n) is 7.98. The van der Waals surface area contributed by atoms with Crippen LogP contribution in [0.25, 0.3) is 0 Å². The summed E-state index contributed by atoms with van der Waals surface area (Å²) >= 11 is 4.88. The first kappa shape index (κ1) is 21.0. The van der Waals surface area contributed by atoms with Gasteiger partial charge in [-0.15, -0.1) is 11.8 Å². The summed E-state index contributed by atoms with van der Waals surface area (Å²) in [7, 11) is -3.53. The van der Waals surface area contributed by atoms with Crippen LogP contribution in [0.5, 0.6) is 0 Å². The Morgan fingerprint density at radius 3 is 2.38 bits per heavy atom. The van der Waals surface area contributed by atoms with Crippen molar-refractivity contribution in [3.63, 3.8) is 0 Å². The van der Waals surface area contributed by atoms with Crippen molar-refractivity contribution in [1.82, 2.24) is 4.72 Å².